The minimum Gasteiger partial charge on any atom is -0.484 e. The van der Waals surface area contributed by atoms with E-state index in [-0.39, 0.29) is 18.6 Å². The van der Waals surface area contributed by atoms with Crippen LogP contribution >= 0.6 is 0 Å². The Labute approximate surface area is 129 Å². The van der Waals surface area contributed by atoms with Gasteiger partial charge in [-0.3, -0.25) is 9.59 Å². The molecule has 0 aromatic heterocycles. The Morgan fingerprint density at radius 3 is 2.91 bits per heavy atom. The summed E-state index contributed by atoms with van der Waals surface area (Å²) in [5.74, 6) is 0.451. The van der Waals surface area contributed by atoms with Crippen molar-refractivity contribution in [2.24, 2.45) is 0 Å². The summed E-state index contributed by atoms with van der Waals surface area (Å²) in [4.78, 5) is 25.0. The van der Waals surface area contributed by atoms with Crippen molar-refractivity contribution in [2.45, 2.75) is 19.4 Å². The van der Waals surface area contributed by atoms with Crippen molar-refractivity contribution in [3.63, 3.8) is 0 Å². The van der Waals surface area contributed by atoms with Gasteiger partial charge in [0.2, 0.25) is 0 Å². The number of hydrogen-bond acceptors (Lipinski definition) is 3. The van der Waals surface area contributed by atoms with Gasteiger partial charge in [-0.2, -0.15) is 0 Å². The van der Waals surface area contributed by atoms with Gasteiger partial charge in [0.15, 0.2) is 6.61 Å². The molecule has 0 fully saturated rings. The summed E-state index contributed by atoms with van der Waals surface area (Å²) in [6.45, 7) is 1.99. The minimum absolute atomic E-state index is 0.0407. The lowest BCUT2D eigenvalue weighted by molar-refractivity contribution is -0.120. The van der Waals surface area contributed by atoms with Crippen molar-refractivity contribution in [1.82, 2.24) is 0 Å². The number of aldehydes is 1. The van der Waals surface area contributed by atoms with Crippen LogP contribution in [0.4, 0.5) is 5.69 Å². The SMILES string of the molecule is C[C@H]1Cc2ccccc2N1C(=O)COc1cccc(C=O)c1. The Bertz CT molecular complexity index is 711. The van der Waals surface area contributed by atoms with E-state index in [1.54, 1.807) is 29.2 Å². The summed E-state index contributed by atoms with van der Waals surface area (Å²) in [6, 6.07) is 14.9. The van der Waals surface area contributed by atoms with Gasteiger partial charge in [-0.1, -0.05) is 30.3 Å². The Morgan fingerprint density at radius 2 is 2.09 bits per heavy atom. The molecule has 3 rings (SSSR count). The van der Waals surface area contributed by atoms with E-state index in [0.29, 0.717) is 11.3 Å². The predicted octanol–water partition coefficient (Wildman–Crippen LogP) is 2.86. The second-order valence-electron chi connectivity index (χ2n) is 5.42. The van der Waals surface area contributed by atoms with Gasteiger partial charge < -0.3 is 9.64 Å². The zero-order valence-electron chi connectivity index (χ0n) is 12.4. The van der Waals surface area contributed by atoms with Gasteiger partial charge in [-0.25, -0.2) is 0 Å². The second kappa shape index (κ2) is 6.02. The molecule has 112 valence electrons. The van der Waals surface area contributed by atoms with Crippen LogP contribution in [0.15, 0.2) is 48.5 Å². The molecule has 0 aliphatic carbocycles. The molecule has 1 aliphatic heterocycles. The van der Waals surface area contributed by atoms with E-state index in [0.717, 1.165) is 18.4 Å². The smallest absolute Gasteiger partial charge is 0.265 e. The number of benzene rings is 2. The summed E-state index contributed by atoms with van der Waals surface area (Å²) in [7, 11) is 0. The molecule has 1 heterocycles. The van der Waals surface area contributed by atoms with Crippen molar-refractivity contribution >= 4 is 17.9 Å². The van der Waals surface area contributed by atoms with Crippen molar-refractivity contribution in [2.75, 3.05) is 11.5 Å². The maximum absolute atomic E-state index is 12.5. The number of nitrogens with zero attached hydrogens (tertiary/aromatic N) is 1. The number of carbonyl (C=O) groups is 2. The molecule has 4 heteroatoms. The number of ether oxygens (including phenoxy) is 1. The van der Waals surface area contributed by atoms with Gasteiger partial charge in [0.1, 0.15) is 12.0 Å². The monoisotopic (exact) mass is 295 g/mol. The molecule has 1 aliphatic rings. The molecule has 0 bridgehead atoms. The summed E-state index contributed by atoms with van der Waals surface area (Å²) >= 11 is 0. The van der Waals surface area contributed by atoms with Crippen molar-refractivity contribution in [3.05, 3.63) is 59.7 Å². The van der Waals surface area contributed by atoms with Crippen LogP contribution in [0.2, 0.25) is 0 Å². The Hall–Kier alpha value is -2.62. The first-order valence-corrected chi connectivity index (χ1v) is 7.27. The predicted molar refractivity (Wildman–Crippen MR) is 84.4 cm³/mol. The third kappa shape index (κ3) is 2.72. The van der Waals surface area contributed by atoms with E-state index in [2.05, 4.69) is 0 Å². The lowest BCUT2D eigenvalue weighted by atomic mass is 10.1. The van der Waals surface area contributed by atoms with Crippen LogP contribution in [0.3, 0.4) is 0 Å². The second-order valence-corrected chi connectivity index (χ2v) is 5.42. The maximum atomic E-state index is 12.5. The zero-order chi connectivity index (χ0) is 15.5. The number of hydrogen-bond donors (Lipinski definition) is 0. The molecular weight excluding hydrogens is 278 g/mol. The molecular formula is C18H17NO3. The van der Waals surface area contributed by atoms with E-state index in [1.807, 2.05) is 31.2 Å². The maximum Gasteiger partial charge on any atom is 0.265 e. The lowest BCUT2D eigenvalue weighted by Crippen LogP contribution is -2.39. The standard InChI is InChI=1S/C18H17NO3/c1-13-9-15-6-2-3-8-17(15)19(13)18(21)12-22-16-7-4-5-14(10-16)11-20/h2-8,10-11,13H,9,12H2,1H3/t13-/m0/s1. The average Bonchev–Trinajstić information content (AvgIpc) is 2.88. The molecule has 2 aromatic carbocycles. The van der Waals surface area contributed by atoms with E-state index in [4.69, 9.17) is 4.74 Å². The summed E-state index contributed by atoms with van der Waals surface area (Å²) in [6.07, 6.45) is 1.62. The number of para-hydroxylation sites is 1. The minimum atomic E-state index is -0.0750. The Morgan fingerprint density at radius 1 is 1.27 bits per heavy atom. The zero-order valence-corrected chi connectivity index (χ0v) is 12.4. The summed E-state index contributed by atoms with van der Waals surface area (Å²) in [5, 5.41) is 0. The van der Waals surface area contributed by atoms with Crippen molar-refractivity contribution < 1.29 is 14.3 Å². The molecule has 2 aromatic rings. The number of carbonyl (C=O) groups excluding carboxylic acids is 2. The van der Waals surface area contributed by atoms with E-state index < -0.39 is 0 Å². The summed E-state index contributed by atoms with van der Waals surface area (Å²) < 4.78 is 5.54. The molecule has 1 atom stereocenters. The third-order valence-corrected chi connectivity index (χ3v) is 3.83. The molecule has 22 heavy (non-hydrogen) atoms. The van der Waals surface area contributed by atoms with Gasteiger partial charge in [0.25, 0.3) is 5.91 Å². The summed E-state index contributed by atoms with van der Waals surface area (Å²) in [5.41, 5.74) is 2.68. The highest BCUT2D eigenvalue weighted by Crippen LogP contribution is 2.31. The molecule has 0 saturated heterocycles. The topological polar surface area (TPSA) is 46.6 Å². The van der Waals surface area contributed by atoms with Crippen LogP contribution in [-0.2, 0) is 11.2 Å². The van der Waals surface area contributed by atoms with Crippen LogP contribution in [-0.4, -0.2) is 24.8 Å². The molecule has 0 radical (unpaired) electrons. The Balaban J connectivity index is 1.71. The largest absolute Gasteiger partial charge is 0.484 e. The van der Waals surface area contributed by atoms with Gasteiger partial charge in [0.05, 0.1) is 0 Å². The van der Waals surface area contributed by atoms with Crippen LogP contribution in [0, 0.1) is 0 Å². The molecule has 0 saturated carbocycles. The first-order chi connectivity index (χ1) is 10.7. The number of fused-ring (bicyclic) bond motifs is 1. The first-order valence-electron chi connectivity index (χ1n) is 7.27. The van der Waals surface area contributed by atoms with Gasteiger partial charge in [-0.05, 0) is 37.1 Å². The fourth-order valence-corrected chi connectivity index (χ4v) is 2.84. The van der Waals surface area contributed by atoms with Crippen LogP contribution in [0.25, 0.3) is 0 Å². The molecule has 0 unspecified atom stereocenters. The molecule has 0 N–H and O–H groups in total. The molecule has 4 nitrogen and oxygen atoms in total. The number of anilines is 1. The van der Waals surface area contributed by atoms with Gasteiger partial charge in [0, 0.05) is 17.3 Å². The van der Waals surface area contributed by atoms with Crippen LogP contribution in [0.5, 0.6) is 5.75 Å². The Kier molecular flexibility index (Phi) is 3.92. The molecule has 1 amide bonds. The lowest BCUT2D eigenvalue weighted by Gasteiger charge is -2.22. The number of amides is 1. The van der Waals surface area contributed by atoms with E-state index >= 15 is 0 Å². The first kappa shape index (κ1) is 14.3. The highest BCUT2D eigenvalue weighted by atomic mass is 16.5. The van der Waals surface area contributed by atoms with Crippen molar-refractivity contribution in [3.8, 4) is 5.75 Å². The molecule has 0 spiro atoms. The highest BCUT2D eigenvalue weighted by Gasteiger charge is 2.30. The van der Waals surface area contributed by atoms with Gasteiger partial charge >= 0.3 is 0 Å². The van der Waals surface area contributed by atoms with E-state index in [9.17, 15) is 9.59 Å². The third-order valence-electron chi connectivity index (χ3n) is 3.83. The van der Waals surface area contributed by atoms with Crippen molar-refractivity contribution in [1.29, 1.82) is 0 Å². The normalized spacial score (nSPS) is 16.2. The van der Waals surface area contributed by atoms with Gasteiger partial charge in [-0.15, -0.1) is 0 Å². The van der Waals surface area contributed by atoms with Crippen LogP contribution < -0.4 is 9.64 Å². The fraction of sp³-hybridized carbons (Fsp3) is 0.222. The average molecular weight is 295 g/mol. The fourth-order valence-electron chi connectivity index (χ4n) is 2.84. The van der Waals surface area contributed by atoms with E-state index in [1.165, 1.54) is 5.56 Å². The highest BCUT2D eigenvalue weighted by molar-refractivity contribution is 5.97. The van der Waals surface area contributed by atoms with Crippen LogP contribution in [0.1, 0.15) is 22.8 Å². The quantitative estimate of drug-likeness (QED) is 0.815. The number of rotatable bonds is 4.